The maximum absolute atomic E-state index is 12.2. The van der Waals surface area contributed by atoms with Crippen molar-refractivity contribution in [3.63, 3.8) is 0 Å². The van der Waals surface area contributed by atoms with Crippen LogP contribution in [0.5, 0.6) is 0 Å². The molecule has 3 rings (SSSR count). The number of piperidine rings is 1. The van der Waals surface area contributed by atoms with Gasteiger partial charge in [-0.15, -0.1) is 0 Å². The Morgan fingerprint density at radius 1 is 1.29 bits per heavy atom. The molecule has 28 heavy (non-hydrogen) atoms. The number of nitrogens with two attached hydrogens (primary N) is 1. The zero-order valence-electron chi connectivity index (χ0n) is 16.7. The van der Waals surface area contributed by atoms with Crippen molar-refractivity contribution in [2.24, 2.45) is 11.7 Å². The molecule has 1 aliphatic carbocycles. The number of nitrogens with zero attached hydrogens (tertiary/aromatic N) is 2. The highest BCUT2D eigenvalue weighted by Crippen LogP contribution is 2.32. The SMILES string of the molecule is CC(C)(C)OC(=O)N1CCC(C(N)c2cc(NS(=O)(=O)C3CC3)ccn2)CC1. The van der Waals surface area contributed by atoms with E-state index < -0.39 is 15.6 Å². The van der Waals surface area contributed by atoms with Crippen LogP contribution in [0.1, 0.15) is 58.2 Å². The highest BCUT2D eigenvalue weighted by Gasteiger charge is 2.36. The summed E-state index contributed by atoms with van der Waals surface area (Å²) in [6.45, 7) is 6.72. The van der Waals surface area contributed by atoms with Gasteiger partial charge in [0.15, 0.2) is 0 Å². The molecule has 1 aromatic rings. The number of nitrogens with one attached hydrogen (secondary N) is 1. The highest BCUT2D eigenvalue weighted by atomic mass is 32.2. The fourth-order valence-corrected chi connectivity index (χ4v) is 4.71. The minimum absolute atomic E-state index is 0.168. The second-order valence-corrected chi connectivity index (χ2v) is 10.6. The summed E-state index contributed by atoms with van der Waals surface area (Å²) in [6, 6.07) is 3.04. The van der Waals surface area contributed by atoms with Crippen LogP contribution in [-0.4, -0.2) is 48.3 Å². The molecule has 8 nitrogen and oxygen atoms in total. The number of amides is 1. The molecule has 2 fully saturated rings. The Kier molecular flexibility index (Phi) is 5.86. The second kappa shape index (κ2) is 7.87. The zero-order valence-corrected chi connectivity index (χ0v) is 17.5. The summed E-state index contributed by atoms with van der Waals surface area (Å²) in [5.41, 5.74) is 7.07. The Morgan fingerprint density at radius 3 is 2.50 bits per heavy atom. The Hall–Kier alpha value is -1.87. The van der Waals surface area contributed by atoms with Gasteiger partial charge in [0.25, 0.3) is 0 Å². The lowest BCUT2D eigenvalue weighted by molar-refractivity contribution is 0.0174. The van der Waals surface area contributed by atoms with Crippen LogP contribution in [0, 0.1) is 5.92 Å². The van der Waals surface area contributed by atoms with E-state index in [1.165, 1.54) is 0 Å². The van der Waals surface area contributed by atoms with E-state index >= 15 is 0 Å². The summed E-state index contributed by atoms with van der Waals surface area (Å²) in [4.78, 5) is 18.2. The minimum atomic E-state index is -3.32. The number of hydrogen-bond acceptors (Lipinski definition) is 6. The molecular formula is C19H30N4O4S. The van der Waals surface area contributed by atoms with Gasteiger partial charge in [-0.2, -0.15) is 0 Å². The summed E-state index contributed by atoms with van der Waals surface area (Å²) in [5.74, 6) is 0.168. The fourth-order valence-electron chi connectivity index (χ4n) is 3.33. The maximum atomic E-state index is 12.2. The minimum Gasteiger partial charge on any atom is -0.444 e. The standard InChI is InChI=1S/C19H30N4O4S/c1-19(2,3)27-18(24)23-10-7-13(8-11-23)17(20)16-12-14(6-9-21-16)22-28(25,26)15-4-5-15/h6,9,12-13,15,17H,4-5,7-8,10-11,20H2,1-3H3,(H,21,22). The topological polar surface area (TPSA) is 115 Å². The van der Waals surface area contributed by atoms with Crippen molar-refractivity contribution in [3.8, 4) is 0 Å². The number of ether oxygens (including phenoxy) is 1. The van der Waals surface area contributed by atoms with Crippen LogP contribution in [0.15, 0.2) is 18.3 Å². The number of hydrogen-bond donors (Lipinski definition) is 2. The number of likely N-dealkylation sites (tertiary alicyclic amines) is 1. The molecule has 9 heteroatoms. The van der Waals surface area contributed by atoms with Crippen molar-refractivity contribution in [2.75, 3.05) is 17.8 Å². The lowest BCUT2D eigenvalue weighted by Crippen LogP contribution is -2.43. The van der Waals surface area contributed by atoms with Crippen molar-refractivity contribution in [3.05, 3.63) is 24.0 Å². The van der Waals surface area contributed by atoms with E-state index in [0.717, 1.165) is 12.8 Å². The second-order valence-electron chi connectivity index (χ2n) is 8.65. The van der Waals surface area contributed by atoms with Crippen LogP contribution >= 0.6 is 0 Å². The van der Waals surface area contributed by atoms with Crippen LogP contribution in [0.3, 0.4) is 0 Å². The third kappa shape index (κ3) is 5.35. The molecule has 1 saturated carbocycles. The third-order valence-electron chi connectivity index (χ3n) is 5.05. The number of pyridine rings is 1. The predicted octanol–water partition coefficient (Wildman–Crippen LogP) is 2.63. The van der Waals surface area contributed by atoms with E-state index in [1.807, 2.05) is 20.8 Å². The van der Waals surface area contributed by atoms with Crippen molar-refractivity contribution in [1.29, 1.82) is 0 Å². The van der Waals surface area contributed by atoms with Gasteiger partial charge in [-0.05, 0) is 64.5 Å². The Morgan fingerprint density at radius 2 is 1.93 bits per heavy atom. The molecule has 0 bridgehead atoms. The van der Waals surface area contributed by atoms with Gasteiger partial charge in [0, 0.05) is 19.3 Å². The fraction of sp³-hybridized carbons (Fsp3) is 0.684. The summed E-state index contributed by atoms with van der Waals surface area (Å²) in [6.07, 6.45) is 4.20. The molecule has 1 aliphatic heterocycles. The number of rotatable bonds is 5. The molecule has 156 valence electrons. The Balaban J connectivity index is 1.58. The van der Waals surface area contributed by atoms with E-state index in [4.69, 9.17) is 10.5 Å². The molecule has 2 heterocycles. The van der Waals surface area contributed by atoms with Crippen molar-refractivity contribution < 1.29 is 17.9 Å². The van der Waals surface area contributed by atoms with Crippen molar-refractivity contribution in [2.45, 2.75) is 63.3 Å². The molecule has 0 aromatic carbocycles. The Bertz CT molecular complexity index is 809. The lowest BCUT2D eigenvalue weighted by Gasteiger charge is -2.35. The van der Waals surface area contributed by atoms with Crippen LogP contribution in [0.25, 0.3) is 0 Å². The average Bonchev–Trinajstić information content (AvgIpc) is 3.45. The van der Waals surface area contributed by atoms with E-state index in [9.17, 15) is 13.2 Å². The molecule has 1 unspecified atom stereocenters. The molecule has 0 spiro atoms. The van der Waals surface area contributed by atoms with Crippen LogP contribution < -0.4 is 10.5 Å². The number of carbonyl (C=O) groups is 1. The quantitative estimate of drug-likeness (QED) is 0.771. The van der Waals surface area contributed by atoms with Crippen LogP contribution in [0.4, 0.5) is 10.5 Å². The normalized spacial score (nSPS) is 19.9. The molecule has 0 radical (unpaired) electrons. The van der Waals surface area contributed by atoms with Gasteiger partial charge in [-0.25, -0.2) is 13.2 Å². The third-order valence-corrected chi connectivity index (χ3v) is 6.91. The van der Waals surface area contributed by atoms with Crippen LogP contribution in [-0.2, 0) is 14.8 Å². The van der Waals surface area contributed by atoms with E-state index in [-0.39, 0.29) is 23.3 Å². The average molecular weight is 411 g/mol. The molecule has 1 aromatic heterocycles. The first-order valence-corrected chi connectivity index (χ1v) is 11.3. The zero-order chi connectivity index (χ0) is 20.5. The number of sulfonamides is 1. The summed E-state index contributed by atoms with van der Waals surface area (Å²) >= 11 is 0. The summed E-state index contributed by atoms with van der Waals surface area (Å²) in [7, 11) is -3.32. The molecule has 1 saturated heterocycles. The molecule has 3 N–H and O–H groups in total. The van der Waals surface area contributed by atoms with E-state index in [1.54, 1.807) is 23.2 Å². The first-order valence-electron chi connectivity index (χ1n) is 9.76. The number of aromatic nitrogens is 1. The van der Waals surface area contributed by atoms with E-state index in [2.05, 4.69) is 9.71 Å². The van der Waals surface area contributed by atoms with Gasteiger partial charge < -0.3 is 15.4 Å². The smallest absolute Gasteiger partial charge is 0.410 e. The van der Waals surface area contributed by atoms with Gasteiger partial charge in [0.1, 0.15) is 5.60 Å². The summed E-state index contributed by atoms with van der Waals surface area (Å²) < 4.78 is 32.3. The maximum Gasteiger partial charge on any atom is 0.410 e. The van der Waals surface area contributed by atoms with Crippen LogP contribution in [0.2, 0.25) is 0 Å². The number of anilines is 1. The van der Waals surface area contributed by atoms with Gasteiger partial charge in [0.05, 0.1) is 22.7 Å². The van der Waals surface area contributed by atoms with Crippen molar-refractivity contribution >= 4 is 21.8 Å². The molecular weight excluding hydrogens is 380 g/mol. The lowest BCUT2D eigenvalue weighted by atomic mass is 9.88. The van der Waals surface area contributed by atoms with Crippen molar-refractivity contribution in [1.82, 2.24) is 9.88 Å². The van der Waals surface area contributed by atoms with Gasteiger partial charge >= 0.3 is 6.09 Å². The largest absolute Gasteiger partial charge is 0.444 e. The highest BCUT2D eigenvalue weighted by molar-refractivity contribution is 7.93. The van der Waals surface area contributed by atoms with Gasteiger partial charge in [-0.1, -0.05) is 0 Å². The van der Waals surface area contributed by atoms with Gasteiger partial charge in [0.2, 0.25) is 10.0 Å². The predicted molar refractivity (Wildman–Crippen MR) is 107 cm³/mol. The summed E-state index contributed by atoms with van der Waals surface area (Å²) in [5, 5.41) is -0.282. The molecule has 1 amide bonds. The molecule has 1 atom stereocenters. The molecule has 2 aliphatic rings. The Labute approximate surface area is 166 Å². The number of carbonyl (C=O) groups excluding carboxylic acids is 1. The first kappa shape index (κ1) is 20.9. The first-order chi connectivity index (χ1) is 13.0. The van der Waals surface area contributed by atoms with E-state index in [0.29, 0.717) is 37.3 Å². The monoisotopic (exact) mass is 410 g/mol. The van der Waals surface area contributed by atoms with Gasteiger partial charge in [-0.3, -0.25) is 9.71 Å².